The summed E-state index contributed by atoms with van der Waals surface area (Å²) in [6.45, 7) is 12.8. The molecule has 3 nitrogen and oxygen atoms in total. The molecule has 0 bridgehead atoms. The van der Waals surface area contributed by atoms with Gasteiger partial charge in [-0.3, -0.25) is 0 Å². The standard InChI is InChI=1S/C27H28N2O.C2H6/c1-5-6-19-7-9-20(10-8-19)21-11-13-22(14-12-21)25-28-29-26(30-25)23-15-17-24(18-16-23)27(2,3)4;1-2/h7-18H,5-6H2,1-4H3;1-2H3. The van der Waals surface area contributed by atoms with Crippen LogP contribution in [0.1, 0.15) is 59.1 Å². The fourth-order valence-electron chi connectivity index (χ4n) is 3.53. The van der Waals surface area contributed by atoms with Crippen molar-refractivity contribution in [1.29, 1.82) is 0 Å². The van der Waals surface area contributed by atoms with Crippen LogP contribution in [0.5, 0.6) is 0 Å². The van der Waals surface area contributed by atoms with Crippen molar-refractivity contribution in [3.63, 3.8) is 0 Å². The van der Waals surface area contributed by atoms with Gasteiger partial charge in [-0.15, -0.1) is 10.2 Å². The summed E-state index contributed by atoms with van der Waals surface area (Å²) in [7, 11) is 0. The highest BCUT2D eigenvalue weighted by Crippen LogP contribution is 2.29. The Morgan fingerprint density at radius 3 is 1.47 bits per heavy atom. The molecule has 3 aromatic carbocycles. The highest BCUT2D eigenvalue weighted by atomic mass is 16.4. The smallest absolute Gasteiger partial charge is 0.248 e. The van der Waals surface area contributed by atoms with Gasteiger partial charge in [0.1, 0.15) is 0 Å². The third-order valence-electron chi connectivity index (χ3n) is 5.38. The third kappa shape index (κ3) is 5.53. The number of rotatable bonds is 5. The molecule has 4 aromatic rings. The zero-order valence-electron chi connectivity index (χ0n) is 20.1. The van der Waals surface area contributed by atoms with Crippen molar-refractivity contribution >= 4 is 0 Å². The van der Waals surface area contributed by atoms with E-state index in [9.17, 15) is 0 Å². The fraction of sp³-hybridized carbons (Fsp3) is 0.310. The molecule has 0 spiro atoms. The van der Waals surface area contributed by atoms with Gasteiger partial charge in [0.2, 0.25) is 11.8 Å². The number of aryl methyl sites for hydroxylation is 1. The summed E-state index contributed by atoms with van der Waals surface area (Å²) in [6, 6.07) is 25.4. The molecule has 4 rings (SSSR count). The van der Waals surface area contributed by atoms with Gasteiger partial charge in [-0.05, 0) is 58.4 Å². The first-order chi connectivity index (χ1) is 15.4. The van der Waals surface area contributed by atoms with E-state index in [0.717, 1.165) is 17.5 Å². The average Bonchev–Trinajstić information content (AvgIpc) is 3.31. The zero-order chi connectivity index (χ0) is 23.1. The maximum Gasteiger partial charge on any atom is 0.248 e. The molecule has 0 unspecified atom stereocenters. The highest BCUT2D eigenvalue weighted by molar-refractivity contribution is 5.68. The van der Waals surface area contributed by atoms with Gasteiger partial charge in [0.25, 0.3) is 0 Å². The molecule has 0 fully saturated rings. The van der Waals surface area contributed by atoms with Gasteiger partial charge in [0.15, 0.2) is 0 Å². The monoisotopic (exact) mass is 426 g/mol. The van der Waals surface area contributed by atoms with Crippen LogP contribution in [0.4, 0.5) is 0 Å². The van der Waals surface area contributed by atoms with Gasteiger partial charge >= 0.3 is 0 Å². The Labute approximate surface area is 192 Å². The maximum absolute atomic E-state index is 5.95. The summed E-state index contributed by atoms with van der Waals surface area (Å²) in [5.41, 5.74) is 7.04. The van der Waals surface area contributed by atoms with E-state index in [4.69, 9.17) is 4.42 Å². The minimum Gasteiger partial charge on any atom is -0.416 e. The van der Waals surface area contributed by atoms with Crippen molar-refractivity contribution in [2.24, 2.45) is 0 Å². The van der Waals surface area contributed by atoms with Crippen LogP contribution in [0.2, 0.25) is 0 Å². The van der Waals surface area contributed by atoms with E-state index in [1.54, 1.807) is 0 Å². The van der Waals surface area contributed by atoms with E-state index in [1.165, 1.54) is 28.7 Å². The van der Waals surface area contributed by atoms with E-state index in [-0.39, 0.29) is 5.41 Å². The number of nitrogens with zero attached hydrogens (tertiary/aromatic N) is 2. The van der Waals surface area contributed by atoms with Gasteiger partial charge < -0.3 is 4.42 Å². The van der Waals surface area contributed by atoms with Gasteiger partial charge in [-0.25, -0.2) is 0 Å². The van der Waals surface area contributed by atoms with Crippen molar-refractivity contribution in [3.8, 4) is 34.0 Å². The molecule has 1 aromatic heterocycles. The quantitative estimate of drug-likeness (QED) is 0.322. The Morgan fingerprint density at radius 1 is 0.625 bits per heavy atom. The molecule has 0 atom stereocenters. The number of hydrogen-bond acceptors (Lipinski definition) is 3. The fourth-order valence-corrected chi connectivity index (χ4v) is 3.53. The molecular formula is C29H34N2O. The predicted molar refractivity (Wildman–Crippen MR) is 135 cm³/mol. The van der Waals surface area contributed by atoms with Crippen LogP contribution >= 0.6 is 0 Å². The molecule has 3 heteroatoms. The first-order valence-electron chi connectivity index (χ1n) is 11.6. The molecule has 0 aliphatic heterocycles. The lowest BCUT2D eigenvalue weighted by atomic mass is 9.87. The van der Waals surface area contributed by atoms with Gasteiger partial charge in [0.05, 0.1) is 0 Å². The predicted octanol–water partition coefficient (Wildman–Crippen LogP) is 8.35. The number of aromatic nitrogens is 2. The lowest BCUT2D eigenvalue weighted by molar-refractivity contribution is 0.582. The van der Waals surface area contributed by atoms with Crippen molar-refractivity contribution in [2.75, 3.05) is 0 Å². The molecule has 0 amide bonds. The van der Waals surface area contributed by atoms with Gasteiger partial charge in [-0.2, -0.15) is 0 Å². The van der Waals surface area contributed by atoms with Crippen molar-refractivity contribution in [3.05, 3.63) is 83.9 Å². The van der Waals surface area contributed by atoms with Crippen molar-refractivity contribution in [1.82, 2.24) is 10.2 Å². The van der Waals surface area contributed by atoms with E-state index in [1.807, 2.05) is 38.1 Å². The summed E-state index contributed by atoms with van der Waals surface area (Å²) in [6.07, 6.45) is 2.29. The van der Waals surface area contributed by atoms with Crippen LogP contribution in [-0.4, -0.2) is 10.2 Å². The SMILES string of the molecule is CC.CCCc1ccc(-c2ccc(-c3nnc(-c4ccc(C(C)(C)C)cc4)o3)cc2)cc1. The Balaban J connectivity index is 0.00000141. The second-order valence-corrected chi connectivity index (χ2v) is 8.76. The summed E-state index contributed by atoms with van der Waals surface area (Å²) in [5.74, 6) is 1.08. The van der Waals surface area contributed by atoms with Crippen LogP contribution in [-0.2, 0) is 11.8 Å². The number of hydrogen-bond donors (Lipinski definition) is 0. The van der Waals surface area contributed by atoms with Gasteiger partial charge in [0, 0.05) is 11.1 Å². The largest absolute Gasteiger partial charge is 0.416 e. The zero-order valence-corrected chi connectivity index (χ0v) is 20.1. The molecule has 0 aliphatic rings. The lowest BCUT2D eigenvalue weighted by Gasteiger charge is -2.18. The van der Waals surface area contributed by atoms with E-state index < -0.39 is 0 Å². The van der Waals surface area contributed by atoms with Crippen LogP contribution in [0.25, 0.3) is 34.0 Å². The highest BCUT2D eigenvalue weighted by Gasteiger charge is 2.15. The molecule has 0 aliphatic carbocycles. The molecule has 166 valence electrons. The minimum absolute atomic E-state index is 0.122. The van der Waals surface area contributed by atoms with Crippen LogP contribution in [0, 0.1) is 0 Å². The van der Waals surface area contributed by atoms with Crippen molar-refractivity contribution < 1.29 is 4.42 Å². The van der Waals surface area contributed by atoms with E-state index >= 15 is 0 Å². The lowest BCUT2D eigenvalue weighted by Crippen LogP contribution is -2.10. The van der Waals surface area contributed by atoms with Crippen LogP contribution < -0.4 is 0 Å². The molecule has 0 radical (unpaired) electrons. The van der Waals surface area contributed by atoms with Crippen LogP contribution in [0.3, 0.4) is 0 Å². The molecular weight excluding hydrogens is 392 g/mol. The second-order valence-electron chi connectivity index (χ2n) is 8.76. The minimum atomic E-state index is 0.122. The Kier molecular flexibility index (Phi) is 7.63. The molecule has 0 N–H and O–H groups in total. The third-order valence-corrected chi connectivity index (χ3v) is 5.38. The Hall–Kier alpha value is -3.20. The van der Waals surface area contributed by atoms with Gasteiger partial charge in [-0.1, -0.05) is 96.5 Å². The molecule has 0 saturated heterocycles. The normalized spacial score (nSPS) is 11.1. The first kappa shape index (κ1) is 23.5. The van der Waals surface area contributed by atoms with Crippen LogP contribution in [0.15, 0.2) is 77.2 Å². The first-order valence-corrected chi connectivity index (χ1v) is 11.6. The maximum atomic E-state index is 5.95. The topological polar surface area (TPSA) is 38.9 Å². The molecule has 1 heterocycles. The number of benzene rings is 3. The second kappa shape index (κ2) is 10.4. The summed E-state index contributed by atoms with van der Waals surface area (Å²) in [5, 5.41) is 8.50. The summed E-state index contributed by atoms with van der Waals surface area (Å²) >= 11 is 0. The molecule has 0 saturated carbocycles. The summed E-state index contributed by atoms with van der Waals surface area (Å²) < 4.78 is 5.95. The molecule has 32 heavy (non-hydrogen) atoms. The Morgan fingerprint density at radius 2 is 1.03 bits per heavy atom. The van der Waals surface area contributed by atoms with E-state index in [0.29, 0.717) is 11.8 Å². The van der Waals surface area contributed by atoms with E-state index in [2.05, 4.69) is 86.4 Å². The van der Waals surface area contributed by atoms with Crippen molar-refractivity contribution in [2.45, 2.75) is 59.8 Å². The summed E-state index contributed by atoms with van der Waals surface area (Å²) in [4.78, 5) is 0. The Bertz CT molecular complexity index is 1100. The average molecular weight is 427 g/mol.